The van der Waals surface area contributed by atoms with Crippen LogP contribution in [0.2, 0.25) is 5.02 Å². The molecule has 1 aliphatic rings. The summed E-state index contributed by atoms with van der Waals surface area (Å²) in [5.74, 6) is 0.206. The lowest BCUT2D eigenvalue weighted by Crippen LogP contribution is -2.30. The number of rotatable bonds is 5. The Morgan fingerprint density at radius 3 is 2.33 bits per heavy atom. The molecule has 2 heterocycles. The molecule has 122 valence electrons. The average molecular weight is 359 g/mol. The molecular formula is C18H15ClN2O2S. The van der Waals surface area contributed by atoms with Crippen LogP contribution >= 0.6 is 23.4 Å². The zero-order valence-corrected chi connectivity index (χ0v) is 14.6. The summed E-state index contributed by atoms with van der Waals surface area (Å²) < 4.78 is 0. The molecule has 0 spiro atoms. The van der Waals surface area contributed by atoms with Gasteiger partial charge in [0.05, 0.1) is 17.0 Å². The van der Waals surface area contributed by atoms with E-state index in [1.54, 1.807) is 48.8 Å². The summed E-state index contributed by atoms with van der Waals surface area (Å²) >= 11 is 7.32. The summed E-state index contributed by atoms with van der Waals surface area (Å²) in [5.41, 5.74) is 2.04. The van der Waals surface area contributed by atoms with Crippen molar-refractivity contribution in [2.75, 3.05) is 5.75 Å². The first-order valence-electron chi connectivity index (χ1n) is 7.50. The molecule has 0 saturated heterocycles. The standard InChI is InChI=1S/C18H15ClN2O2S/c1-2-24-16-15(13-3-5-14(19)6-4-13)17(22)21(18(16)23)11-12-7-9-20-10-8-12/h3-10H,2,11H2,1H3. The fourth-order valence-electron chi connectivity index (χ4n) is 2.52. The number of aromatic nitrogens is 1. The Bertz CT molecular complexity index is 804. The van der Waals surface area contributed by atoms with Gasteiger partial charge in [-0.05, 0) is 41.1 Å². The SMILES string of the molecule is CCSC1=C(c2ccc(Cl)cc2)C(=O)N(Cc2ccncc2)C1=O. The number of benzene rings is 1. The van der Waals surface area contributed by atoms with Crippen LogP contribution in [0.15, 0.2) is 53.7 Å². The molecule has 0 bridgehead atoms. The van der Waals surface area contributed by atoms with Crippen LogP contribution in [-0.4, -0.2) is 27.5 Å². The van der Waals surface area contributed by atoms with Crippen LogP contribution < -0.4 is 0 Å². The third-order valence-electron chi connectivity index (χ3n) is 3.64. The molecule has 0 saturated carbocycles. The Kier molecular flexibility index (Phi) is 5.02. The number of nitrogens with zero attached hydrogens (tertiary/aromatic N) is 2. The molecular weight excluding hydrogens is 344 g/mol. The Morgan fingerprint density at radius 1 is 1.04 bits per heavy atom. The van der Waals surface area contributed by atoms with Gasteiger partial charge in [0.2, 0.25) is 0 Å². The van der Waals surface area contributed by atoms with Gasteiger partial charge in [-0.1, -0.05) is 30.7 Å². The van der Waals surface area contributed by atoms with E-state index in [0.717, 1.165) is 5.56 Å². The van der Waals surface area contributed by atoms with Crippen LogP contribution in [0.25, 0.3) is 5.57 Å². The second kappa shape index (κ2) is 7.20. The van der Waals surface area contributed by atoms with Gasteiger partial charge in [-0.15, -0.1) is 11.8 Å². The summed E-state index contributed by atoms with van der Waals surface area (Å²) in [7, 11) is 0. The predicted octanol–water partition coefficient (Wildman–Crippen LogP) is 3.77. The highest BCUT2D eigenvalue weighted by molar-refractivity contribution is 8.04. The first-order chi connectivity index (χ1) is 11.6. The van der Waals surface area contributed by atoms with E-state index in [4.69, 9.17) is 11.6 Å². The Balaban J connectivity index is 1.97. The topological polar surface area (TPSA) is 50.3 Å². The summed E-state index contributed by atoms with van der Waals surface area (Å²) in [6.45, 7) is 2.20. The van der Waals surface area contributed by atoms with Gasteiger partial charge in [-0.2, -0.15) is 0 Å². The molecule has 0 unspecified atom stereocenters. The summed E-state index contributed by atoms with van der Waals surface area (Å²) in [4.78, 5) is 31.4. The Hall–Kier alpha value is -2.11. The molecule has 0 fully saturated rings. The largest absolute Gasteiger partial charge is 0.269 e. The molecule has 1 aromatic carbocycles. The minimum atomic E-state index is -0.268. The van der Waals surface area contributed by atoms with Crippen LogP contribution in [0.1, 0.15) is 18.1 Å². The molecule has 0 N–H and O–H groups in total. The van der Waals surface area contributed by atoms with E-state index in [0.29, 0.717) is 26.8 Å². The average Bonchev–Trinajstić information content (AvgIpc) is 2.82. The van der Waals surface area contributed by atoms with Crippen LogP contribution in [0.3, 0.4) is 0 Å². The Labute approximate surface area is 149 Å². The minimum absolute atomic E-state index is 0.241. The van der Waals surface area contributed by atoms with E-state index in [1.807, 2.05) is 6.92 Å². The molecule has 2 amide bonds. The van der Waals surface area contributed by atoms with Gasteiger partial charge in [-0.25, -0.2) is 0 Å². The molecule has 4 nitrogen and oxygen atoms in total. The van der Waals surface area contributed by atoms with E-state index in [1.165, 1.54) is 16.7 Å². The molecule has 1 aliphatic heterocycles. The zero-order chi connectivity index (χ0) is 17.1. The molecule has 1 aromatic heterocycles. The highest BCUT2D eigenvalue weighted by Gasteiger charge is 2.38. The van der Waals surface area contributed by atoms with Crippen molar-refractivity contribution in [1.29, 1.82) is 0 Å². The van der Waals surface area contributed by atoms with Gasteiger partial charge in [-0.3, -0.25) is 19.5 Å². The van der Waals surface area contributed by atoms with Crippen molar-refractivity contribution in [3.63, 3.8) is 0 Å². The monoisotopic (exact) mass is 358 g/mol. The number of carbonyl (C=O) groups excluding carboxylic acids is 2. The van der Waals surface area contributed by atoms with Crippen molar-refractivity contribution in [3.8, 4) is 0 Å². The lowest BCUT2D eigenvalue weighted by atomic mass is 10.1. The highest BCUT2D eigenvalue weighted by Crippen LogP contribution is 2.36. The van der Waals surface area contributed by atoms with Crippen molar-refractivity contribution in [1.82, 2.24) is 9.88 Å². The zero-order valence-electron chi connectivity index (χ0n) is 13.0. The number of thioether (sulfide) groups is 1. The molecule has 0 atom stereocenters. The van der Waals surface area contributed by atoms with E-state index >= 15 is 0 Å². The number of pyridine rings is 1. The van der Waals surface area contributed by atoms with Crippen molar-refractivity contribution in [2.24, 2.45) is 0 Å². The second-order valence-electron chi connectivity index (χ2n) is 5.20. The number of hydrogen-bond donors (Lipinski definition) is 0. The van der Waals surface area contributed by atoms with Crippen molar-refractivity contribution >= 4 is 40.8 Å². The van der Waals surface area contributed by atoms with Gasteiger partial charge >= 0.3 is 0 Å². The van der Waals surface area contributed by atoms with E-state index in [9.17, 15) is 9.59 Å². The second-order valence-corrected chi connectivity index (χ2v) is 6.91. The Morgan fingerprint density at radius 2 is 1.71 bits per heavy atom. The smallest absolute Gasteiger partial charge is 0.268 e. The van der Waals surface area contributed by atoms with E-state index < -0.39 is 0 Å². The normalized spacial score (nSPS) is 14.7. The number of imide groups is 1. The summed E-state index contributed by atoms with van der Waals surface area (Å²) in [5, 5.41) is 0.592. The molecule has 3 rings (SSSR count). The highest BCUT2D eigenvalue weighted by atomic mass is 35.5. The molecule has 24 heavy (non-hydrogen) atoms. The predicted molar refractivity (Wildman–Crippen MR) is 96.3 cm³/mol. The summed E-state index contributed by atoms with van der Waals surface area (Å²) in [6, 6.07) is 10.6. The van der Waals surface area contributed by atoms with Crippen molar-refractivity contribution in [3.05, 3.63) is 69.8 Å². The van der Waals surface area contributed by atoms with Gasteiger partial charge in [0.25, 0.3) is 11.8 Å². The van der Waals surface area contributed by atoms with E-state index in [2.05, 4.69) is 4.98 Å². The lowest BCUT2D eigenvalue weighted by molar-refractivity contribution is -0.137. The lowest BCUT2D eigenvalue weighted by Gasteiger charge is -2.15. The van der Waals surface area contributed by atoms with Crippen LogP contribution in [0, 0.1) is 0 Å². The summed E-state index contributed by atoms with van der Waals surface area (Å²) in [6.07, 6.45) is 3.30. The maximum atomic E-state index is 12.9. The third-order valence-corrected chi connectivity index (χ3v) is 4.85. The van der Waals surface area contributed by atoms with Gasteiger partial charge in [0.15, 0.2) is 0 Å². The maximum Gasteiger partial charge on any atom is 0.268 e. The fraction of sp³-hybridized carbons (Fsp3) is 0.167. The third kappa shape index (κ3) is 3.23. The maximum absolute atomic E-state index is 12.9. The molecule has 6 heteroatoms. The van der Waals surface area contributed by atoms with Crippen LogP contribution in [0.5, 0.6) is 0 Å². The van der Waals surface area contributed by atoms with Gasteiger partial charge < -0.3 is 0 Å². The quantitative estimate of drug-likeness (QED) is 0.763. The first-order valence-corrected chi connectivity index (χ1v) is 8.86. The minimum Gasteiger partial charge on any atom is -0.269 e. The van der Waals surface area contributed by atoms with Crippen molar-refractivity contribution in [2.45, 2.75) is 13.5 Å². The van der Waals surface area contributed by atoms with Crippen molar-refractivity contribution < 1.29 is 9.59 Å². The first kappa shape index (κ1) is 16.7. The van der Waals surface area contributed by atoms with Gasteiger partial charge in [0, 0.05) is 17.4 Å². The molecule has 0 radical (unpaired) electrons. The fourth-order valence-corrected chi connectivity index (χ4v) is 3.52. The molecule has 2 aromatic rings. The van der Waals surface area contributed by atoms with Crippen LogP contribution in [-0.2, 0) is 16.1 Å². The number of carbonyl (C=O) groups is 2. The van der Waals surface area contributed by atoms with Crippen LogP contribution in [0.4, 0.5) is 0 Å². The van der Waals surface area contributed by atoms with E-state index in [-0.39, 0.29) is 18.4 Å². The number of amides is 2. The van der Waals surface area contributed by atoms with Gasteiger partial charge in [0.1, 0.15) is 0 Å². The number of hydrogen-bond acceptors (Lipinski definition) is 4. The number of halogens is 1. The molecule has 0 aliphatic carbocycles.